The molecule has 1 aromatic carbocycles. The molecule has 2 aromatic rings. The molecule has 0 aliphatic carbocycles. The third kappa shape index (κ3) is 8.64. The smallest absolute Gasteiger partial charge is 0.408 e. The summed E-state index contributed by atoms with van der Waals surface area (Å²) < 4.78 is 5.21. The van der Waals surface area contributed by atoms with Crippen LogP contribution in [0.2, 0.25) is 5.15 Å². The highest BCUT2D eigenvalue weighted by Gasteiger charge is 2.27. The first kappa shape index (κ1) is 24.1. The molecule has 0 saturated heterocycles. The molecule has 0 aliphatic heterocycles. The zero-order chi connectivity index (χ0) is 22.8. The standard InChI is InChI=1S/C22H27ClN4O4/c1-14(2)10-18(27-22(30)31-13-15-6-4-3-5-7-15)21(29)26-17(20(24)28)11-16-8-9-19(23)25-12-16/h3-9,12,14,17-18H,10-11,13H2,1-2H3,(H2,24,28)(H,26,29)(H,27,30)/t17-,18+/m1/s1. The van der Waals surface area contributed by atoms with Gasteiger partial charge in [-0.15, -0.1) is 0 Å². The molecule has 0 fully saturated rings. The van der Waals surface area contributed by atoms with E-state index < -0.39 is 30.0 Å². The normalized spacial score (nSPS) is 12.6. The third-order valence-electron chi connectivity index (χ3n) is 4.42. The number of rotatable bonds is 10. The summed E-state index contributed by atoms with van der Waals surface area (Å²) in [5, 5.41) is 5.52. The number of amides is 3. The van der Waals surface area contributed by atoms with E-state index in [9.17, 15) is 14.4 Å². The molecule has 3 amide bonds. The molecule has 166 valence electrons. The van der Waals surface area contributed by atoms with E-state index in [0.29, 0.717) is 17.1 Å². The van der Waals surface area contributed by atoms with Crippen molar-refractivity contribution in [3.05, 3.63) is 64.9 Å². The molecule has 4 N–H and O–H groups in total. The van der Waals surface area contributed by atoms with E-state index in [1.807, 2.05) is 44.2 Å². The van der Waals surface area contributed by atoms with Crippen molar-refractivity contribution >= 4 is 29.5 Å². The molecular formula is C22H27ClN4O4. The molecule has 31 heavy (non-hydrogen) atoms. The molecule has 0 spiro atoms. The van der Waals surface area contributed by atoms with Crippen LogP contribution in [0.25, 0.3) is 0 Å². The van der Waals surface area contributed by atoms with Crippen LogP contribution in [-0.2, 0) is 27.4 Å². The van der Waals surface area contributed by atoms with Crippen molar-refractivity contribution in [2.45, 2.75) is 45.4 Å². The maximum atomic E-state index is 12.8. The number of halogens is 1. The number of hydrogen-bond donors (Lipinski definition) is 3. The van der Waals surface area contributed by atoms with E-state index in [1.54, 1.807) is 12.1 Å². The summed E-state index contributed by atoms with van der Waals surface area (Å²) in [6.45, 7) is 3.92. The lowest BCUT2D eigenvalue weighted by Crippen LogP contribution is -2.54. The molecule has 1 heterocycles. The van der Waals surface area contributed by atoms with Crippen LogP contribution in [0.1, 0.15) is 31.4 Å². The second-order valence-corrected chi connectivity index (χ2v) is 7.93. The molecule has 1 aromatic heterocycles. The summed E-state index contributed by atoms with van der Waals surface area (Å²) in [7, 11) is 0. The number of nitrogens with zero attached hydrogens (tertiary/aromatic N) is 1. The lowest BCUT2D eigenvalue weighted by atomic mass is 10.0. The number of ether oxygens (including phenoxy) is 1. The number of alkyl carbamates (subject to hydrolysis) is 1. The fourth-order valence-corrected chi connectivity index (χ4v) is 2.98. The van der Waals surface area contributed by atoms with Gasteiger partial charge in [-0.3, -0.25) is 9.59 Å². The number of carbonyl (C=O) groups is 3. The average molecular weight is 447 g/mol. The molecule has 2 rings (SSSR count). The van der Waals surface area contributed by atoms with E-state index in [-0.39, 0.29) is 18.9 Å². The van der Waals surface area contributed by atoms with Gasteiger partial charge in [0, 0.05) is 12.6 Å². The Labute approximate surface area is 186 Å². The Kier molecular flexibility index (Phi) is 9.27. The highest BCUT2D eigenvalue weighted by Crippen LogP contribution is 2.10. The van der Waals surface area contributed by atoms with E-state index in [1.165, 1.54) is 6.20 Å². The quantitative estimate of drug-likeness (QED) is 0.484. The van der Waals surface area contributed by atoms with E-state index in [0.717, 1.165) is 5.56 Å². The van der Waals surface area contributed by atoms with Crippen LogP contribution in [0.4, 0.5) is 4.79 Å². The number of aromatic nitrogens is 1. The average Bonchev–Trinajstić information content (AvgIpc) is 2.73. The van der Waals surface area contributed by atoms with Gasteiger partial charge in [0.15, 0.2) is 0 Å². The van der Waals surface area contributed by atoms with Crippen molar-refractivity contribution < 1.29 is 19.1 Å². The number of carbonyl (C=O) groups excluding carboxylic acids is 3. The largest absolute Gasteiger partial charge is 0.445 e. The van der Waals surface area contributed by atoms with Crippen molar-refractivity contribution in [1.82, 2.24) is 15.6 Å². The maximum absolute atomic E-state index is 12.8. The van der Waals surface area contributed by atoms with E-state index in [4.69, 9.17) is 22.1 Å². The first-order chi connectivity index (χ1) is 14.7. The van der Waals surface area contributed by atoms with Crippen molar-refractivity contribution in [2.24, 2.45) is 11.7 Å². The van der Waals surface area contributed by atoms with Gasteiger partial charge in [-0.1, -0.05) is 61.8 Å². The minimum atomic E-state index is -0.965. The lowest BCUT2D eigenvalue weighted by molar-refractivity contribution is -0.128. The molecule has 0 unspecified atom stereocenters. The number of hydrogen-bond acceptors (Lipinski definition) is 5. The molecule has 9 heteroatoms. The first-order valence-electron chi connectivity index (χ1n) is 9.92. The minimum Gasteiger partial charge on any atom is -0.445 e. The highest BCUT2D eigenvalue weighted by atomic mass is 35.5. The number of primary amides is 1. The van der Waals surface area contributed by atoms with Crippen LogP contribution in [0.3, 0.4) is 0 Å². The van der Waals surface area contributed by atoms with E-state index >= 15 is 0 Å². The fraction of sp³-hybridized carbons (Fsp3) is 0.364. The van der Waals surface area contributed by atoms with Crippen molar-refractivity contribution in [1.29, 1.82) is 0 Å². The Morgan fingerprint density at radius 2 is 1.74 bits per heavy atom. The second-order valence-electron chi connectivity index (χ2n) is 7.55. The van der Waals surface area contributed by atoms with Crippen LogP contribution >= 0.6 is 11.6 Å². The van der Waals surface area contributed by atoms with Gasteiger partial charge in [-0.25, -0.2) is 9.78 Å². The first-order valence-corrected chi connectivity index (χ1v) is 10.3. The van der Waals surface area contributed by atoms with Crippen LogP contribution in [0.5, 0.6) is 0 Å². The summed E-state index contributed by atoms with van der Waals surface area (Å²) in [5.74, 6) is -1.10. The molecule has 0 aliphatic rings. The van der Waals surface area contributed by atoms with Gasteiger partial charge in [0.1, 0.15) is 23.8 Å². The number of benzene rings is 1. The Hall–Kier alpha value is -3.13. The number of nitrogens with two attached hydrogens (primary N) is 1. The van der Waals surface area contributed by atoms with E-state index in [2.05, 4.69) is 15.6 Å². The Bertz CT molecular complexity index is 875. The Morgan fingerprint density at radius 1 is 1.03 bits per heavy atom. The van der Waals surface area contributed by atoms with Gasteiger partial charge < -0.3 is 21.1 Å². The molecule has 2 atom stereocenters. The minimum absolute atomic E-state index is 0.0795. The van der Waals surface area contributed by atoms with Gasteiger partial charge in [-0.05, 0) is 29.5 Å². The molecule has 8 nitrogen and oxygen atoms in total. The van der Waals surface area contributed by atoms with Crippen LogP contribution in [0.15, 0.2) is 48.7 Å². The molecule has 0 radical (unpaired) electrons. The SMILES string of the molecule is CC(C)C[C@H](NC(=O)OCc1ccccc1)C(=O)N[C@H](Cc1ccc(Cl)nc1)C(N)=O. The van der Waals surface area contributed by atoms with Gasteiger partial charge in [0.2, 0.25) is 11.8 Å². The Morgan fingerprint density at radius 3 is 2.32 bits per heavy atom. The monoisotopic (exact) mass is 446 g/mol. The van der Waals surface area contributed by atoms with Gasteiger partial charge in [0.25, 0.3) is 0 Å². The summed E-state index contributed by atoms with van der Waals surface area (Å²) in [4.78, 5) is 40.9. The molecular weight excluding hydrogens is 420 g/mol. The number of pyridine rings is 1. The van der Waals surface area contributed by atoms with Crippen molar-refractivity contribution in [3.8, 4) is 0 Å². The van der Waals surface area contributed by atoms with Crippen LogP contribution in [0, 0.1) is 5.92 Å². The zero-order valence-corrected chi connectivity index (χ0v) is 18.3. The van der Waals surface area contributed by atoms with Crippen molar-refractivity contribution in [2.75, 3.05) is 0 Å². The lowest BCUT2D eigenvalue weighted by Gasteiger charge is -2.23. The highest BCUT2D eigenvalue weighted by molar-refractivity contribution is 6.29. The summed E-state index contributed by atoms with van der Waals surface area (Å²) in [5.41, 5.74) is 6.98. The van der Waals surface area contributed by atoms with Crippen molar-refractivity contribution in [3.63, 3.8) is 0 Å². The van der Waals surface area contributed by atoms with Gasteiger partial charge in [-0.2, -0.15) is 0 Å². The van der Waals surface area contributed by atoms with Crippen LogP contribution in [-0.4, -0.2) is 35.0 Å². The van der Waals surface area contributed by atoms with Gasteiger partial charge in [0.05, 0.1) is 0 Å². The predicted molar refractivity (Wildman–Crippen MR) is 117 cm³/mol. The maximum Gasteiger partial charge on any atom is 0.408 e. The molecule has 0 saturated carbocycles. The van der Waals surface area contributed by atoms with Gasteiger partial charge >= 0.3 is 6.09 Å². The third-order valence-corrected chi connectivity index (χ3v) is 4.64. The second kappa shape index (κ2) is 11.9. The summed E-state index contributed by atoms with van der Waals surface area (Å²) >= 11 is 5.77. The summed E-state index contributed by atoms with van der Waals surface area (Å²) in [6.07, 6.45) is 1.30. The van der Waals surface area contributed by atoms with Crippen LogP contribution < -0.4 is 16.4 Å². The Balaban J connectivity index is 1.99. The molecule has 0 bridgehead atoms. The number of nitrogens with one attached hydrogen (secondary N) is 2. The fourth-order valence-electron chi connectivity index (χ4n) is 2.87. The summed E-state index contributed by atoms with van der Waals surface area (Å²) in [6, 6.07) is 10.6. The predicted octanol–water partition coefficient (Wildman–Crippen LogP) is 2.59. The zero-order valence-electron chi connectivity index (χ0n) is 17.5. The topological polar surface area (TPSA) is 123 Å².